The van der Waals surface area contributed by atoms with Crippen molar-refractivity contribution in [1.82, 2.24) is 14.5 Å². The standard InChI is InChI=1S/C20H18BrN3O2/c1-26-18-8-2-14(3-9-18)11-23-12-17-10-22-13-24(17)19(20(23)25)15-4-6-16(21)7-5-15/h2-10,13,19H,11-12H2,1H3. The summed E-state index contributed by atoms with van der Waals surface area (Å²) >= 11 is 3.45. The van der Waals surface area contributed by atoms with E-state index in [1.165, 1.54) is 0 Å². The molecule has 5 nitrogen and oxygen atoms in total. The Kier molecular flexibility index (Phi) is 4.51. The van der Waals surface area contributed by atoms with Gasteiger partial charge in [0.05, 0.1) is 25.7 Å². The van der Waals surface area contributed by atoms with Gasteiger partial charge in [-0.2, -0.15) is 0 Å². The van der Waals surface area contributed by atoms with E-state index in [0.717, 1.165) is 27.0 Å². The molecule has 1 unspecified atom stereocenters. The molecule has 1 atom stereocenters. The van der Waals surface area contributed by atoms with Crippen molar-refractivity contribution in [3.8, 4) is 5.75 Å². The number of aromatic nitrogens is 2. The van der Waals surface area contributed by atoms with E-state index in [-0.39, 0.29) is 11.9 Å². The summed E-state index contributed by atoms with van der Waals surface area (Å²) in [5.74, 6) is 0.887. The van der Waals surface area contributed by atoms with Gasteiger partial charge in [0.2, 0.25) is 0 Å². The summed E-state index contributed by atoms with van der Waals surface area (Å²) in [5.41, 5.74) is 3.06. The van der Waals surface area contributed by atoms with Crippen LogP contribution < -0.4 is 4.74 Å². The van der Waals surface area contributed by atoms with Gasteiger partial charge in [-0.05, 0) is 35.4 Å². The van der Waals surface area contributed by atoms with E-state index in [2.05, 4.69) is 20.9 Å². The lowest BCUT2D eigenvalue weighted by Gasteiger charge is -2.34. The number of halogens is 1. The molecule has 1 aliphatic heterocycles. The molecule has 26 heavy (non-hydrogen) atoms. The smallest absolute Gasteiger partial charge is 0.250 e. The minimum absolute atomic E-state index is 0.0774. The second kappa shape index (κ2) is 6.96. The number of ether oxygens (including phenoxy) is 1. The highest BCUT2D eigenvalue weighted by atomic mass is 79.9. The summed E-state index contributed by atoms with van der Waals surface area (Å²) in [6, 6.07) is 15.3. The molecular formula is C20H18BrN3O2. The third kappa shape index (κ3) is 3.12. The number of imidazole rings is 1. The molecule has 132 valence electrons. The van der Waals surface area contributed by atoms with E-state index >= 15 is 0 Å². The van der Waals surface area contributed by atoms with Crippen LogP contribution in [-0.2, 0) is 17.9 Å². The molecule has 6 heteroatoms. The zero-order chi connectivity index (χ0) is 18.1. The van der Waals surface area contributed by atoms with Crippen LogP contribution in [-0.4, -0.2) is 27.5 Å². The van der Waals surface area contributed by atoms with Crippen LogP contribution in [0.5, 0.6) is 5.75 Å². The normalized spacial score (nSPS) is 16.5. The number of hydrogen-bond donors (Lipinski definition) is 0. The number of amides is 1. The maximum absolute atomic E-state index is 13.2. The van der Waals surface area contributed by atoms with Gasteiger partial charge in [-0.25, -0.2) is 4.98 Å². The monoisotopic (exact) mass is 411 g/mol. The van der Waals surface area contributed by atoms with Gasteiger partial charge in [0.25, 0.3) is 5.91 Å². The molecule has 3 aromatic rings. The van der Waals surface area contributed by atoms with Crippen LogP contribution in [0, 0.1) is 0 Å². The Morgan fingerprint density at radius 2 is 1.88 bits per heavy atom. The molecule has 4 rings (SSSR count). The summed E-state index contributed by atoms with van der Waals surface area (Å²) < 4.78 is 8.16. The molecule has 2 heterocycles. The Hall–Kier alpha value is -2.60. The Morgan fingerprint density at radius 1 is 1.15 bits per heavy atom. The zero-order valence-corrected chi connectivity index (χ0v) is 15.9. The van der Waals surface area contributed by atoms with Gasteiger partial charge in [0, 0.05) is 17.2 Å². The third-order valence-corrected chi connectivity index (χ3v) is 5.17. The maximum atomic E-state index is 13.2. The van der Waals surface area contributed by atoms with Gasteiger partial charge in [-0.15, -0.1) is 0 Å². The predicted octanol–water partition coefficient (Wildman–Crippen LogP) is 3.79. The van der Waals surface area contributed by atoms with Crippen LogP contribution >= 0.6 is 15.9 Å². The topological polar surface area (TPSA) is 47.4 Å². The number of fused-ring (bicyclic) bond motifs is 1. The Bertz CT molecular complexity index is 919. The highest BCUT2D eigenvalue weighted by Crippen LogP contribution is 2.30. The quantitative estimate of drug-likeness (QED) is 0.655. The summed E-state index contributed by atoms with van der Waals surface area (Å²) in [7, 11) is 1.65. The molecule has 1 aromatic heterocycles. The van der Waals surface area contributed by atoms with E-state index in [4.69, 9.17) is 4.74 Å². The first-order chi connectivity index (χ1) is 12.7. The Labute approximate surface area is 160 Å². The van der Waals surface area contributed by atoms with E-state index in [0.29, 0.717) is 13.1 Å². The second-order valence-corrected chi connectivity index (χ2v) is 7.20. The molecule has 0 radical (unpaired) electrons. The van der Waals surface area contributed by atoms with Crippen LogP contribution in [0.15, 0.2) is 65.5 Å². The van der Waals surface area contributed by atoms with Gasteiger partial charge < -0.3 is 14.2 Å². The van der Waals surface area contributed by atoms with Crippen LogP contribution in [0.2, 0.25) is 0 Å². The van der Waals surface area contributed by atoms with E-state index in [1.54, 1.807) is 13.4 Å². The number of rotatable bonds is 4. The molecule has 0 saturated carbocycles. The van der Waals surface area contributed by atoms with Crippen molar-refractivity contribution in [3.05, 3.63) is 82.3 Å². The van der Waals surface area contributed by atoms with E-state index in [1.807, 2.05) is 64.2 Å². The first-order valence-corrected chi connectivity index (χ1v) is 9.13. The molecule has 0 aliphatic carbocycles. The zero-order valence-electron chi connectivity index (χ0n) is 14.3. The van der Waals surface area contributed by atoms with Crippen molar-refractivity contribution in [2.24, 2.45) is 0 Å². The van der Waals surface area contributed by atoms with Crippen molar-refractivity contribution in [2.75, 3.05) is 7.11 Å². The molecule has 1 aliphatic rings. The minimum atomic E-state index is -0.382. The summed E-state index contributed by atoms with van der Waals surface area (Å²) in [6.07, 6.45) is 3.57. The molecular weight excluding hydrogens is 394 g/mol. The molecule has 0 saturated heterocycles. The lowest BCUT2D eigenvalue weighted by molar-refractivity contribution is -0.136. The first-order valence-electron chi connectivity index (χ1n) is 8.33. The first kappa shape index (κ1) is 16.8. The van der Waals surface area contributed by atoms with Crippen molar-refractivity contribution in [2.45, 2.75) is 19.1 Å². The van der Waals surface area contributed by atoms with Crippen molar-refractivity contribution in [3.63, 3.8) is 0 Å². The van der Waals surface area contributed by atoms with Gasteiger partial charge in [0.1, 0.15) is 11.8 Å². The highest BCUT2D eigenvalue weighted by Gasteiger charge is 2.33. The van der Waals surface area contributed by atoms with Crippen molar-refractivity contribution in [1.29, 1.82) is 0 Å². The summed E-state index contributed by atoms with van der Waals surface area (Å²) in [6.45, 7) is 1.11. The van der Waals surface area contributed by atoms with Crippen molar-refractivity contribution < 1.29 is 9.53 Å². The number of methoxy groups -OCH3 is 1. The van der Waals surface area contributed by atoms with Crippen LogP contribution in [0.3, 0.4) is 0 Å². The van der Waals surface area contributed by atoms with Gasteiger partial charge in [-0.3, -0.25) is 4.79 Å². The van der Waals surface area contributed by atoms with Gasteiger partial charge in [-0.1, -0.05) is 40.2 Å². The molecule has 0 fully saturated rings. The van der Waals surface area contributed by atoms with Crippen LogP contribution in [0.1, 0.15) is 22.9 Å². The number of carbonyl (C=O) groups is 1. The fraction of sp³-hybridized carbons (Fsp3) is 0.200. The number of benzene rings is 2. The summed E-state index contributed by atoms with van der Waals surface area (Å²) in [4.78, 5) is 19.4. The second-order valence-electron chi connectivity index (χ2n) is 6.29. The SMILES string of the molecule is COc1ccc(CN2Cc3cncn3C(c3ccc(Br)cc3)C2=O)cc1. The molecule has 0 N–H and O–H groups in total. The lowest BCUT2D eigenvalue weighted by Crippen LogP contribution is -2.42. The molecule has 0 spiro atoms. The van der Waals surface area contributed by atoms with Gasteiger partial charge in [0.15, 0.2) is 0 Å². The molecule has 1 amide bonds. The number of hydrogen-bond acceptors (Lipinski definition) is 3. The van der Waals surface area contributed by atoms with Crippen LogP contribution in [0.25, 0.3) is 0 Å². The third-order valence-electron chi connectivity index (χ3n) is 4.64. The fourth-order valence-corrected chi connectivity index (χ4v) is 3.55. The van der Waals surface area contributed by atoms with E-state index < -0.39 is 0 Å². The average Bonchev–Trinajstić information content (AvgIpc) is 3.12. The van der Waals surface area contributed by atoms with Crippen molar-refractivity contribution >= 4 is 21.8 Å². The Balaban J connectivity index is 1.65. The maximum Gasteiger partial charge on any atom is 0.250 e. The van der Waals surface area contributed by atoms with Crippen LogP contribution in [0.4, 0.5) is 0 Å². The fourth-order valence-electron chi connectivity index (χ4n) is 3.29. The average molecular weight is 412 g/mol. The minimum Gasteiger partial charge on any atom is -0.497 e. The highest BCUT2D eigenvalue weighted by molar-refractivity contribution is 9.10. The van der Waals surface area contributed by atoms with E-state index in [9.17, 15) is 4.79 Å². The lowest BCUT2D eigenvalue weighted by atomic mass is 10.0. The summed E-state index contributed by atoms with van der Waals surface area (Å²) in [5, 5.41) is 0. The number of carbonyl (C=O) groups excluding carboxylic acids is 1. The Morgan fingerprint density at radius 3 is 2.58 bits per heavy atom. The predicted molar refractivity (Wildman–Crippen MR) is 102 cm³/mol. The largest absolute Gasteiger partial charge is 0.497 e. The molecule has 2 aromatic carbocycles. The molecule has 0 bridgehead atoms. The van der Waals surface area contributed by atoms with Gasteiger partial charge >= 0.3 is 0 Å². The number of nitrogens with zero attached hydrogens (tertiary/aromatic N) is 3.